The molecule has 0 heterocycles. The second-order valence-electron chi connectivity index (χ2n) is 4.06. The van der Waals surface area contributed by atoms with E-state index in [1.165, 1.54) is 0 Å². The number of benzene rings is 1. The summed E-state index contributed by atoms with van der Waals surface area (Å²) in [4.78, 5) is 11.6. The molecule has 17 heavy (non-hydrogen) atoms. The number of nitrogens with one attached hydrogen (secondary N) is 2. The summed E-state index contributed by atoms with van der Waals surface area (Å²) in [7, 11) is 0. The Labute approximate surface area is 110 Å². The van der Waals surface area contributed by atoms with Crippen molar-refractivity contribution in [3.63, 3.8) is 0 Å². The summed E-state index contributed by atoms with van der Waals surface area (Å²) < 4.78 is 0.909. The average Bonchev–Trinajstić information content (AvgIpc) is 2.27. The zero-order chi connectivity index (χ0) is 12.8. The normalized spacial score (nSPS) is 13.9. The van der Waals surface area contributed by atoms with Crippen molar-refractivity contribution in [1.82, 2.24) is 5.32 Å². The molecule has 0 saturated carbocycles. The fourth-order valence-electron chi connectivity index (χ4n) is 1.24. The van der Waals surface area contributed by atoms with Crippen LogP contribution in [0.3, 0.4) is 0 Å². The zero-order valence-corrected chi connectivity index (χ0v) is 11.5. The van der Waals surface area contributed by atoms with Crippen LogP contribution < -0.4 is 10.6 Å². The summed E-state index contributed by atoms with van der Waals surface area (Å²) in [6.45, 7) is 3.80. The Morgan fingerprint density at radius 2 is 2.18 bits per heavy atom. The number of hydrogen-bond acceptors (Lipinski definition) is 2. The van der Waals surface area contributed by atoms with Gasteiger partial charge in [0.2, 0.25) is 0 Å². The molecule has 0 saturated heterocycles. The SMILES string of the molecule is CC(CO)C(C)NC(=O)Nc1cccc(Br)c1. The Kier molecular flexibility index (Phi) is 5.44. The van der Waals surface area contributed by atoms with Crippen molar-refractivity contribution in [3.05, 3.63) is 28.7 Å². The summed E-state index contributed by atoms with van der Waals surface area (Å²) in [5, 5.41) is 14.5. The summed E-state index contributed by atoms with van der Waals surface area (Å²) >= 11 is 3.33. The molecule has 3 N–H and O–H groups in total. The third-order valence-electron chi connectivity index (χ3n) is 2.58. The minimum absolute atomic E-state index is 0.0308. The van der Waals surface area contributed by atoms with Gasteiger partial charge in [-0.1, -0.05) is 28.9 Å². The predicted octanol–water partition coefficient (Wildman–Crippen LogP) is 2.59. The molecule has 0 spiro atoms. The number of amides is 2. The van der Waals surface area contributed by atoms with Gasteiger partial charge in [-0.25, -0.2) is 4.79 Å². The number of hydrogen-bond donors (Lipinski definition) is 3. The number of anilines is 1. The Hall–Kier alpha value is -1.07. The van der Waals surface area contributed by atoms with E-state index in [9.17, 15) is 4.79 Å². The van der Waals surface area contributed by atoms with Crippen molar-refractivity contribution in [2.75, 3.05) is 11.9 Å². The second-order valence-corrected chi connectivity index (χ2v) is 4.97. The van der Waals surface area contributed by atoms with E-state index in [-0.39, 0.29) is 24.6 Å². The first kappa shape index (κ1) is 14.0. The molecule has 0 aliphatic carbocycles. The van der Waals surface area contributed by atoms with Crippen LogP contribution in [0.25, 0.3) is 0 Å². The van der Waals surface area contributed by atoms with E-state index in [1.54, 1.807) is 0 Å². The lowest BCUT2D eigenvalue weighted by molar-refractivity contribution is 0.204. The molecule has 0 aliphatic heterocycles. The van der Waals surface area contributed by atoms with Crippen molar-refractivity contribution < 1.29 is 9.90 Å². The van der Waals surface area contributed by atoms with Gasteiger partial charge >= 0.3 is 6.03 Å². The van der Waals surface area contributed by atoms with Crippen LogP contribution >= 0.6 is 15.9 Å². The molecular formula is C12H17BrN2O2. The smallest absolute Gasteiger partial charge is 0.319 e. The highest BCUT2D eigenvalue weighted by Crippen LogP contribution is 2.15. The highest BCUT2D eigenvalue weighted by Gasteiger charge is 2.13. The van der Waals surface area contributed by atoms with Crippen LogP contribution in [-0.4, -0.2) is 23.8 Å². The van der Waals surface area contributed by atoms with Crippen LogP contribution in [0.1, 0.15) is 13.8 Å². The van der Waals surface area contributed by atoms with E-state index < -0.39 is 0 Å². The largest absolute Gasteiger partial charge is 0.396 e. The van der Waals surface area contributed by atoms with Gasteiger partial charge in [-0.05, 0) is 31.0 Å². The first-order valence-electron chi connectivity index (χ1n) is 5.47. The number of carbonyl (C=O) groups excluding carboxylic acids is 1. The molecule has 2 atom stereocenters. The standard InChI is InChI=1S/C12H17BrN2O2/c1-8(7-16)9(2)14-12(17)15-11-5-3-4-10(13)6-11/h3-6,8-9,16H,7H2,1-2H3,(H2,14,15,17). The fraction of sp³-hybridized carbons (Fsp3) is 0.417. The van der Waals surface area contributed by atoms with Crippen molar-refractivity contribution in [2.24, 2.45) is 5.92 Å². The van der Waals surface area contributed by atoms with E-state index in [2.05, 4.69) is 26.6 Å². The van der Waals surface area contributed by atoms with Gasteiger partial charge in [-0.15, -0.1) is 0 Å². The maximum atomic E-state index is 11.6. The molecule has 4 nitrogen and oxygen atoms in total. The number of aliphatic hydroxyl groups excluding tert-OH is 1. The van der Waals surface area contributed by atoms with Gasteiger partial charge in [0, 0.05) is 22.8 Å². The quantitative estimate of drug-likeness (QED) is 0.800. The molecular weight excluding hydrogens is 284 g/mol. The summed E-state index contributed by atoms with van der Waals surface area (Å²) in [6.07, 6.45) is 0. The average molecular weight is 301 g/mol. The van der Waals surface area contributed by atoms with Crippen molar-refractivity contribution >= 4 is 27.6 Å². The Balaban J connectivity index is 2.50. The third-order valence-corrected chi connectivity index (χ3v) is 3.08. The summed E-state index contributed by atoms with van der Waals surface area (Å²) in [5.74, 6) is 0.0308. The van der Waals surface area contributed by atoms with Gasteiger partial charge < -0.3 is 15.7 Å². The maximum absolute atomic E-state index is 11.6. The van der Waals surface area contributed by atoms with Gasteiger partial charge in [0.25, 0.3) is 0 Å². The molecule has 1 rings (SSSR count). The first-order valence-corrected chi connectivity index (χ1v) is 6.26. The van der Waals surface area contributed by atoms with Gasteiger partial charge in [0.05, 0.1) is 0 Å². The molecule has 94 valence electrons. The molecule has 0 aromatic heterocycles. The van der Waals surface area contributed by atoms with Crippen molar-refractivity contribution in [3.8, 4) is 0 Å². The predicted molar refractivity (Wildman–Crippen MR) is 72.0 cm³/mol. The van der Waals surface area contributed by atoms with Gasteiger partial charge in [0.15, 0.2) is 0 Å². The number of urea groups is 1. The van der Waals surface area contributed by atoms with Crippen LogP contribution in [0.15, 0.2) is 28.7 Å². The minimum Gasteiger partial charge on any atom is -0.396 e. The van der Waals surface area contributed by atoms with Crippen LogP contribution in [0.4, 0.5) is 10.5 Å². The Morgan fingerprint density at radius 3 is 2.76 bits per heavy atom. The molecule has 2 amide bonds. The molecule has 0 radical (unpaired) electrons. The molecule has 0 aliphatic rings. The number of halogens is 1. The van der Waals surface area contributed by atoms with Crippen molar-refractivity contribution in [2.45, 2.75) is 19.9 Å². The molecule has 1 aromatic rings. The summed E-state index contributed by atoms with van der Waals surface area (Å²) in [6, 6.07) is 7.02. The van der Waals surface area contributed by atoms with Crippen LogP contribution in [0, 0.1) is 5.92 Å². The van der Waals surface area contributed by atoms with Crippen LogP contribution in [0.2, 0.25) is 0 Å². The maximum Gasteiger partial charge on any atom is 0.319 e. The molecule has 2 unspecified atom stereocenters. The second kappa shape index (κ2) is 6.61. The first-order chi connectivity index (χ1) is 8.02. The monoisotopic (exact) mass is 300 g/mol. The zero-order valence-electron chi connectivity index (χ0n) is 9.90. The van der Waals surface area contributed by atoms with E-state index in [4.69, 9.17) is 5.11 Å². The van der Waals surface area contributed by atoms with E-state index in [0.29, 0.717) is 0 Å². The molecule has 5 heteroatoms. The van der Waals surface area contributed by atoms with E-state index in [0.717, 1.165) is 10.2 Å². The van der Waals surface area contributed by atoms with Crippen LogP contribution in [-0.2, 0) is 0 Å². The number of carbonyl (C=O) groups is 1. The van der Waals surface area contributed by atoms with Gasteiger partial charge in [-0.3, -0.25) is 0 Å². The van der Waals surface area contributed by atoms with Gasteiger partial charge in [-0.2, -0.15) is 0 Å². The van der Waals surface area contributed by atoms with E-state index in [1.807, 2.05) is 38.1 Å². The molecule has 0 bridgehead atoms. The van der Waals surface area contributed by atoms with E-state index >= 15 is 0 Å². The lowest BCUT2D eigenvalue weighted by Gasteiger charge is -2.19. The van der Waals surface area contributed by atoms with Crippen LogP contribution in [0.5, 0.6) is 0 Å². The van der Waals surface area contributed by atoms with Crippen molar-refractivity contribution in [1.29, 1.82) is 0 Å². The fourth-order valence-corrected chi connectivity index (χ4v) is 1.64. The number of rotatable bonds is 4. The molecule has 0 fully saturated rings. The minimum atomic E-state index is -0.268. The highest BCUT2D eigenvalue weighted by molar-refractivity contribution is 9.10. The number of aliphatic hydroxyl groups is 1. The van der Waals surface area contributed by atoms with Gasteiger partial charge in [0.1, 0.15) is 0 Å². The summed E-state index contributed by atoms with van der Waals surface area (Å²) in [5.41, 5.74) is 0.723. The molecule has 1 aromatic carbocycles. The topological polar surface area (TPSA) is 61.4 Å². The Morgan fingerprint density at radius 1 is 1.47 bits per heavy atom. The lowest BCUT2D eigenvalue weighted by atomic mass is 10.1. The Bertz CT molecular complexity index is 385. The third kappa shape index (κ3) is 4.75. The lowest BCUT2D eigenvalue weighted by Crippen LogP contribution is -2.40. The highest BCUT2D eigenvalue weighted by atomic mass is 79.9.